The Kier molecular flexibility index (Phi) is 5.80. The van der Waals surface area contributed by atoms with Crippen molar-refractivity contribution in [1.29, 1.82) is 0 Å². The fourth-order valence-corrected chi connectivity index (χ4v) is 2.41. The quantitative estimate of drug-likeness (QED) is 0.474. The number of likely N-dealkylation sites (N-methyl/N-ethyl adjacent to an activating group) is 1. The largest absolute Gasteiger partial charge is 0.290 e. The molecule has 0 fully saturated rings. The smallest absolute Gasteiger partial charge is 0.272 e. The molecule has 0 heterocycles. The molecule has 0 aliphatic heterocycles. The van der Waals surface area contributed by atoms with Gasteiger partial charge in [0.15, 0.2) is 0 Å². The van der Waals surface area contributed by atoms with Gasteiger partial charge in [0, 0.05) is 18.2 Å². The summed E-state index contributed by atoms with van der Waals surface area (Å²) in [6.45, 7) is 5.79. The maximum atomic E-state index is 11.7. The number of nitro groups is 1. The Morgan fingerprint density at radius 3 is 2.57 bits per heavy atom. The van der Waals surface area contributed by atoms with Crippen LogP contribution in [0.5, 0.6) is 0 Å². The van der Waals surface area contributed by atoms with Gasteiger partial charge in [0.25, 0.3) is 11.6 Å². The first-order chi connectivity index (χ1) is 9.77. The van der Waals surface area contributed by atoms with Gasteiger partial charge in [-0.1, -0.05) is 26.0 Å². The predicted molar refractivity (Wildman–Crippen MR) is 77.9 cm³/mol. The van der Waals surface area contributed by atoms with Crippen molar-refractivity contribution in [3.05, 3.63) is 39.4 Å². The highest BCUT2D eigenvalue weighted by Gasteiger charge is 2.26. The zero-order chi connectivity index (χ0) is 16.2. The molecule has 1 amide bonds. The third-order valence-electron chi connectivity index (χ3n) is 3.39. The van der Waals surface area contributed by atoms with Gasteiger partial charge in [-0.2, -0.15) is 0 Å². The van der Waals surface area contributed by atoms with E-state index in [1.807, 2.05) is 13.8 Å². The summed E-state index contributed by atoms with van der Waals surface area (Å²) in [5.41, 5.74) is 3.07. The van der Waals surface area contributed by atoms with Gasteiger partial charge in [-0.15, -0.1) is 0 Å². The maximum Gasteiger partial charge on any atom is 0.272 e. The van der Waals surface area contributed by atoms with Crippen LogP contribution < -0.4 is 5.48 Å². The number of benzene rings is 1. The Hall–Kier alpha value is -1.99. The average molecular weight is 295 g/mol. The molecule has 0 saturated carbocycles. The van der Waals surface area contributed by atoms with Crippen molar-refractivity contribution >= 4 is 11.6 Å². The maximum absolute atomic E-state index is 11.7. The molecular weight excluding hydrogens is 274 g/mol. The number of nitrogens with one attached hydrogen (secondary N) is 1. The molecule has 0 radical (unpaired) electrons. The van der Waals surface area contributed by atoms with Crippen molar-refractivity contribution in [3.63, 3.8) is 0 Å². The zero-order valence-corrected chi connectivity index (χ0v) is 12.7. The lowest BCUT2D eigenvalue weighted by Gasteiger charge is -2.29. The number of amides is 1. The molecule has 1 aromatic carbocycles. The van der Waals surface area contributed by atoms with Crippen LogP contribution in [-0.2, 0) is 11.3 Å². The second-order valence-electron chi connectivity index (χ2n) is 5.46. The minimum Gasteiger partial charge on any atom is -0.290 e. The van der Waals surface area contributed by atoms with Crippen molar-refractivity contribution in [2.24, 2.45) is 5.92 Å². The summed E-state index contributed by atoms with van der Waals surface area (Å²) >= 11 is 0. The average Bonchev–Trinajstić information content (AvgIpc) is 2.40. The van der Waals surface area contributed by atoms with E-state index in [1.54, 1.807) is 36.5 Å². The molecule has 116 valence electrons. The van der Waals surface area contributed by atoms with Crippen molar-refractivity contribution < 1.29 is 14.9 Å². The number of aryl methyl sites for hydroxylation is 1. The Labute approximate surface area is 123 Å². The van der Waals surface area contributed by atoms with Crippen LogP contribution in [0.1, 0.15) is 25.0 Å². The summed E-state index contributed by atoms with van der Waals surface area (Å²) in [6, 6.07) is 4.49. The first kappa shape index (κ1) is 17.1. The molecule has 0 saturated heterocycles. The minimum absolute atomic E-state index is 0.0115. The van der Waals surface area contributed by atoms with Gasteiger partial charge in [0.05, 0.1) is 11.0 Å². The van der Waals surface area contributed by atoms with E-state index in [4.69, 9.17) is 5.21 Å². The summed E-state index contributed by atoms with van der Waals surface area (Å²) in [5.74, 6) is -0.503. The van der Waals surface area contributed by atoms with E-state index in [9.17, 15) is 14.9 Å². The molecule has 21 heavy (non-hydrogen) atoms. The normalized spacial score (nSPS) is 12.5. The van der Waals surface area contributed by atoms with E-state index in [1.165, 1.54) is 6.07 Å². The van der Waals surface area contributed by atoms with Gasteiger partial charge in [0.1, 0.15) is 0 Å². The molecule has 7 heteroatoms. The first-order valence-corrected chi connectivity index (χ1v) is 6.66. The molecular formula is C14H21N3O4. The molecule has 0 bridgehead atoms. The molecule has 1 aromatic rings. The lowest BCUT2D eigenvalue weighted by atomic mass is 10.0. The highest BCUT2D eigenvalue weighted by Crippen LogP contribution is 2.21. The van der Waals surface area contributed by atoms with Crippen molar-refractivity contribution in [1.82, 2.24) is 10.4 Å². The van der Waals surface area contributed by atoms with Crippen LogP contribution in [0.25, 0.3) is 0 Å². The monoisotopic (exact) mass is 295 g/mol. The number of rotatable bonds is 6. The second kappa shape index (κ2) is 7.14. The lowest BCUT2D eigenvalue weighted by Crippen LogP contribution is -2.47. The van der Waals surface area contributed by atoms with Gasteiger partial charge >= 0.3 is 0 Å². The molecule has 1 atom stereocenters. The molecule has 0 aliphatic carbocycles. The SMILES string of the molecule is Cc1ccc(CN(C)[C@@H](C(=O)NO)C(C)C)cc1[N+](=O)[O-]. The Bertz CT molecular complexity index is 531. The van der Waals surface area contributed by atoms with Crippen LogP contribution >= 0.6 is 0 Å². The van der Waals surface area contributed by atoms with Crippen LogP contribution in [0, 0.1) is 23.0 Å². The molecule has 0 spiro atoms. The highest BCUT2D eigenvalue weighted by atomic mass is 16.6. The van der Waals surface area contributed by atoms with Crippen molar-refractivity contribution in [3.8, 4) is 0 Å². The van der Waals surface area contributed by atoms with Crippen LogP contribution in [-0.4, -0.2) is 34.0 Å². The predicted octanol–water partition coefficient (Wildman–Crippen LogP) is 1.87. The summed E-state index contributed by atoms with van der Waals surface area (Å²) in [6.07, 6.45) is 0. The van der Waals surface area contributed by atoms with E-state index in [0.29, 0.717) is 12.1 Å². The van der Waals surface area contributed by atoms with Gasteiger partial charge in [-0.3, -0.25) is 25.0 Å². The van der Waals surface area contributed by atoms with Gasteiger partial charge in [0.2, 0.25) is 0 Å². The number of nitro benzene ring substituents is 1. The standard InChI is InChI=1S/C14H21N3O4/c1-9(2)13(14(18)15-19)16(4)8-11-6-5-10(3)12(7-11)17(20)21/h5-7,9,13,19H,8H2,1-4H3,(H,15,18)/t13-/m1/s1. The van der Waals surface area contributed by atoms with Gasteiger partial charge < -0.3 is 0 Å². The molecule has 7 nitrogen and oxygen atoms in total. The van der Waals surface area contributed by atoms with Crippen LogP contribution in [0.2, 0.25) is 0 Å². The molecule has 2 N–H and O–H groups in total. The van der Waals surface area contributed by atoms with E-state index in [-0.39, 0.29) is 11.6 Å². The van der Waals surface area contributed by atoms with E-state index in [2.05, 4.69) is 0 Å². The number of hydroxylamine groups is 1. The van der Waals surface area contributed by atoms with Crippen LogP contribution in [0.15, 0.2) is 18.2 Å². The van der Waals surface area contributed by atoms with Crippen molar-refractivity contribution in [2.45, 2.75) is 33.4 Å². The summed E-state index contributed by atoms with van der Waals surface area (Å²) in [5, 5.41) is 19.8. The summed E-state index contributed by atoms with van der Waals surface area (Å²) < 4.78 is 0. The lowest BCUT2D eigenvalue weighted by molar-refractivity contribution is -0.385. The van der Waals surface area contributed by atoms with E-state index < -0.39 is 16.9 Å². The van der Waals surface area contributed by atoms with Gasteiger partial charge in [-0.25, -0.2) is 5.48 Å². The molecule has 1 rings (SSSR count). The third kappa shape index (κ3) is 4.24. The highest BCUT2D eigenvalue weighted by molar-refractivity contribution is 5.80. The molecule has 0 aliphatic rings. The number of hydrogen-bond donors (Lipinski definition) is 2. The second-order valence-corrected chi connectivity index (χ2v) is 5.46. The minimum atomic E-state index is -0.518. The van der Waals surface area contributed by atoms with E-state index in [0.717, 1.165) is 5.56 Å². The van der Waals surface area contributed by atoms with Crippen LogP contribution in [0.3, 0.4) is 0 Å². The number of hydrogen-bond acceptors (Lipinski definition) is 5. The Morgan fingerprint density at radius 2 is 2.10 bits per heavy atom. The first-order valence-electron chi connectivity index (χ1n) is 6.66. The summed E-state index contributed by atoms with van der Waals surface area (Å²) in [4.78, 5) is 24.0. The molecule has 0 unspecified atom stereocenters. The number of carbonyl (C=O) groups is 1. The van der Waals surface area contributed by atoms with Crippen molar-refractivity contribution in [2.75, 3.05) is 7.05 Å². The van der Waals surface area contributed by atoms with E-state index >= 15 is 0 Å². The fraction of sp³-hybridized carbons (Fsp3) is 0.500. The topological polar surface area (TPSA) is 95.7 Å². The molecule has 0 aromatic heterocycles. The third-order valence-corrected chi connectivity index (χ3v) is 3.39. The summed E-state index contributed by atoms with van der Waals surface area (Å²) in [7, 11) is 1.74. The Morgan fingerprint density at radius 1 is 1.48 bits per heavy atom. The zero-order valence-electron chi connectivity index (χ0n) is 12.7. The van der Waals surface area contributed by atoms with Gasteiger partial charge in [-0.05, 0) is 25.5 Å². The number of nitrogens with zero attached hydrogens (tertiary/aromatic N) is 2. The van der Waals surface area contributed by atoms with Crippen LogP contribution in [0.4, 0.5) is 5.69 Å². The Balaban J connectivity index is 2.96. The fourth-order valence-electron chi connectivity index (χ4n) is 2.41. The number of carbonyl (C=O) groups excluding carboxylic acids is 1.